The Morgan fingerprint density at radius 3 is 1.56 bits per heavy atom. The Labute approximate surface area is 51.4 Å². The van der Waals surface area contributed by atoms with Crippen LogP contribution in [0.15, 0.2) is 0 Å². The summed E-state index contributed by atoms with van der Waals surface area (Å²) in [6.07, 6.45) is 0. The summed E-state index contributed by atoms with van der Waals surface area (Å²) in [6, 6.07) is 0. The van der Waals surface area contributed by atoms with Crippen LogP contribution < -0.4 is 0 Å². The van der Waals surface area contributed by atoms with E-state index in [1.807, 2.05) is 0 Å². The first kappa shape index (κ1) is 7.90. The minimum absolute atomic E-state index is 0.684. The fourth-order valence-corrected chi connectivity index (χ4v) is 0.113. The molecular weight excluding hydrogens is 128 g/mol. The van der Waals surface area contributed by atoms with Crippen molar-refractivity contribution in [3.8, 4) is 0 Å². The maximum atomic E-state index is 9.89. The van der Waals surface area contributed by atoms with Crippen LogP contribution >= 0.6 is 0 Å². The van der Waals surface area contributed by atoms with E-state index in [-0.39, 0.29) is 0 Å². The fraction of sp³-hybridized carbons (Fsp3) is 0.500. The number of hydrogen-bond acceptors (Lipinski definition) is 5. The molecule has 0 aliphatic carbocycles. The minimum Gasteiger partial charge on any atom is -0.260 e. The monoisotopic (exact) mass is 134 g/mol. The molecule has 0 radical (unpaired) electrons. The molecule has 0 unspecified atom stereocenters. The summed E-state index contributed by atoms with van der Waals surface area (Å²) in [7, 11) is 0. The van der Waals surface area contributed by atoms with Crippen LogP contribution in [0.3, 0.4) is 0 Å². The number of carbonyl (C=O) groups is 2. The number of carbonyl (C=O) groups excluding carboxylic acids is 2. The highest BCUT2D eigenvalue weighted by molar-refractivity contribution is 5.66. The van der Waals surface area contributed by atoms with Gasteiger partial charge in [-0.1, -0.05) is 0 Å². The fourth-order valence-electron chi connectivity index (χ4n) is 0.113. The van der Waals surface area contributed by atoms with Crippen molar-refractivity contribution in [3.05, 3.63) is 0 Å². The second-order valence-electron chi connectivity index (χ2n) is 1.22. The molecule has 5 heteroatoms. The van der Waals surface area contributed by atoms with Gasteiger partial charge in [-0.05, 0) is 0 Å². The molecular formula is C4H6O5. The summed E-state index contributed by atoms with van der Waals surface area (Å²) in [5, 5.41) is 3.66. The second kappa shape index (κ2) is 3.85. The normalized spacial score (nSPS) is 8.22. The van der Waals surface area contributed by atoms with E-state index in [2.05, 4.69) is 14.8 Å². The summed E-state index contributed by atoms with van der Waals surface area (Å²) >= 11 is 0. The smallest absolute Gasteiger partial charge is 0.260 e. The van der Waals surface area contributed by atoms with Gasteiger partial charge in [-0.2, -0.15) is 0 Å². The maximum absolute atomic E-state index is 9.89. The summed E-state index contributed by atoms with van der Waals surface area (Å²) in [4.78, 5) is 27.3. The average Bonchev–Trinajstić information content (AvgIpc) is 1.63. The second-order valence-corrected chi connectivity index (χ2v) is 1.22. The van der Waals surface area contributed by atoms with Crippen molar-refractivity contribution in [3.63, 3.8) is 0 Å². The van der Waals surface area contributed by atoms with Gasteiger partial charge in [0.15, 0.2) is 0 Å². The third-order valence-electron chi connectivity index (χ3n) is 0.303. The van der Waals surface area contributed by atoms with Crippen LogP contribution in [0.1, 0.15) is 13.8 Å². The van der Waals surface area contributed by atoms with Crippen molar-refractivity contribution >= 4 is 11.9 Å². The van der Waals surface area contributed by atoms with Gasteiger partial charge in [-0.15, -0.1) is 0 Å². The highest BCUT2D eigenvalue weighted by Gasteiger charge is 1.96. The molecule has 52 valence electrons. The molecule has 0 aliphatic rings. The van der Waals surface area contributed by atoms with Crippen molar-refractivity contribution in [2.24, 2.45) is 0 Å². The van der Waals surface area contributed by atoms with Crippen molar-refractivity contribution in [2.75, 3.05) is 0 Å². The van der Waals surface area contributed by atoms with Crippen molar-refractivity contribution < 1.29 is 24.4 Å². The van der Waals surface area contributed by atoms with E-state index in [0.717, 1.165) is 13.8 Å². The molecule has 0 N–H and O–H groups in total. The first-order valence-electron chi connectivity index (χ1n) is 2.15. The molecule has 0 aromatic heterocycles. The maximum Gasteiger partial charge on any atom is 0.343 e. The highest BCUT2D eigenvalue weighted by atomic mass is 17.5. The summed E-state index contributed by atoms with van der Waals surface area (Å²) in [5.74, 6) is -1.37. The predicted molar refractivity (Wildman–Crippen MR) is 24.6 cm³/mol. The molecule has 0 aliphatic heterocycles. The van der Waals surface area contributed by atoms with Crippen LogP contribution in [0, 0.1) is 0 Å². The Morgan fingerprint density at radius 1 is 1.00 bits per heavy atom. The lowest BCUT2D eigenvalue weighted by atomic mass is 10.8. The van der Waals surface area contributed by atoms with E-state index in [1.165, 1.54) is 0 Å². The molecule has 0 aromatic carbocycles. The lowest BCUT2D eigenvalue weighted by Gasteiger charge is -1.94. The van der Waals surface area contributed by atoms with Crippen LogP contribution in [0.4, 0.5) is 0 Å². The first-order chi connectivity index (χ1) is 4.13. The van der Waals surface area contributed by atoms with E-state index in [9.17, 15) is 9.59 Å². The van der Waals surface area contributed by atoms with E-state index >= 15 is 0 Å². The van der Waals surface area contributed by atoms with Gasteiger partial charge < -0.3 is 0 Å². The van der Waals surface area contributed by atoms with Crippen LogP contribution in [-0.2, 0) is 24.4 Å². The van der Waals surface area contributed by atoms with Crippen molar-refractivity contribution in [2.45, 2.75) is 13.8 Å². The Balaban J connectivity index is 3.10. The summed E-state index contributed by atoms with van der Waals surface area (Å²) in [5.41, 5.74) is 0. The van der Waals surface area contributed by atoms with Gasteiger partial charge in [-0.3, -0.25) is 9.78 Å². The molecule has 0 amide bonds. The van der Waals surface area contributed by atoms with Crippen LogP contribution in [-0.4, -0.2) is 11.9 Å². The van der Waals surface area contributed by atoms with Gasteiger partial charge in [0, 0.05) is 18.9 Å². The van der Waals surface area contributed by atoms with Crippen molar-refractivity contribution in [1.29, 1.82) is 0 Å². The first-order valence-corrected chi connectivity index (χ1v) is 2.15. The predicted octanol–water partition coefficient (Wildman–Crippen LogP) is -0.0408. The third kappa shape index (κ3) is 6.90. The standard InChI is InChI=1S/C4H6O5/c1-3(5)7-9-8-4(2)6/h1-2H3. The average molecular weight is 134 g/mol. The molecule has 9 heavy (non-hydrogen) atoms. The molecule has 0 saturated carbocycles. The topological polar surface area (TPSA) is 61.8 Å². The Bertz CT molecular complexity index is 104. The minimum atomic E-state index is -0.684. The van der Waals surface area contributed by atoms with E-state index in [1.54, 1.807) is 0 Å². The lowest BCUT2D eigenvalue weighted by molar-refractivity contribution is -0.458. The van der Waals surface area contributed by atoms with Gasteiger partial charge in [0.25, 0.3) is 0 Å². The number of rotatable bonds is 2. The number of hydrogen-bond donors (Lipinski definition) is 0. The van der Waals surface area contributed by atoms with Gasteiger partial charge in [-0.25, -0.2) is 9.59 Å². The quantitative estimate of drug-likeness (QED) is 0.391. The zero-order valence-corrected chi connectivity index (χ0v) is 5.04. The zero-order valence-electron chi connectivity index (χ0n) is 5.04. The Morgan fingerprint density at radius 2 is 1.33 bits per heavy atom. The van der Waals surface area contributed by atoms with Crippen LogP contribution in [0.2, 0.25) is 0 Å². The lowest BCUT2D eigenvalue weighted by Crippen LogP contribution is -2.04. The van der Waals surface area contributed by atoms with Gasteiger partial charge in [0.2, 0.25) is 0 Å². The zero-order chi connectivity index (χ0) is 7.28. The van der Waals surface area contributed by atoms with Gasteiger partial charge >= 0.3 is 11.9 Å². The van der Waals surface area contributed by atoms with Crippen molar-refractivity contribution in [1.82, 2.24) is 0 Å². The van der Waals surface area contributed by atoms with Gasteiger partial charge in [0.1, 0.15) is 0 Å². The third-order valence-corrected chi connectivity index (χ3v) is 0.303. The Kier molecular flexibility index (Phi) is 3.38. The summed E-state index contributed by atoms with van der Waals surface area (Å²) in [6.45, 7) is 2.23. The summed E-state index contributed by atoms with van der Waals surface area (Å²) < 4.78 is 0. The molecule has 0 atom stereocenters. The molecule has 0 fully saturated rings. The van der Waals surface area contributed by atoms with E-state index in [4.69, 9.17) is 0 Å². The Hall–Kier alpha value is -1.10. The largest absolute Gasteiger partial charge is 0.343 e. The molecule has 0 bridgehead atoms. The molecule has 0 aromatic rings. The highest BCUT2D eigenvalue weighted by Crippen LogP contribution is 1.81. The molecule has 0 rings (SSSR count). The molecule has 0 saturated heterocycles. The van der Waals surface area contributed by atoms with E-state index < -0.39 is 11.9 Å². The molecule has 5 nitrogen and oxygen atoms in total. The van der Waals surface area contributed by atoms with Crippen LogP contribution in [0.25, 0.3) is 0 Å². The SMILES string of the molecule is CC(=O)OOOC(C)=O. The molecule has 0 spiro atoms. The van der Waals surface area contributed by atoms with Crippen LogP contribution in [0.5, 0.6) is 0 Å². The molecule has 0 heterocycles. The van der Waals surface area contributed by atoms with E-state index in [0.29, 0.717) is 0 Å². The van der Waals surface area contributed by atoms with Gasteiger partial charge in [0.05, 0.1) is 0 Å².